The number of ketones is 1. The van der Waals surface area contributed by atoms with Crippen LogP contribution in [0.3, 0.4) is 0 Å². The second-order valence-electron chi connectivity index (χ2n) is 6.62. The van der Waals surface area contributed by atoms with Crippen molar-refractivity contribution < 1.29 is 13.2 Å². The smallest absolute Gasteiger partial charge is 0.270 e. The number of benzene rings is 3. The van der Waals surface area contributed by atoms with Crippen LogP contribution in [0.15, 0.2) is 77.7 Å². The Hall–Kier alpha value is -3.03. The third kappa shape index (κ3) is 3.54. The molecule has 0 saturated carbocycles. The van der Waals surface area contributed by atoms with Crippen molar-refractivity contribution in [2.45, 2.75) is 18.7 Å². The van der Waals surface area contributed by atoms with Crippen molar-refractivity contribution in [2.24, 2.45) is 0 Å². The van der Waals surface area contributed by atoms with E-state index in [2.05, 4.69) is 4.98 Å². The molecule has 1 aromatic heterocycles. The van der Waals surface area contributed by atoms with Crippen LogP contribution in [0.4, 0.5) is 10.8 Å². The zero-order chi connectivity index (χ0) is 20.6. The number of para-hydroxylation sites is 2. The van der Waals surface area contributed by atoms with Crippen LogP contribution in [0, 0.1) is 6.92 Å². The maximum atomic E-state index is 13.7. The summed E-state index contributed by atoms with van der Waals surface area (Å²) >= 11 is 1.27. The van der Waals surface area contributed by atoms with E-state index in [9.17, 15) is 13.2 Å². The number of aromatic nitrogens is 1. The normalized spacial score (nSPS) is 11.5. The number of aryl methyl sites for hydroxylation is 1. The Kier molecular flexibility index (Phi) is 4.94. The lowest BCUT2D eigenvalue weighted by Gasteiger charge is -2.23. The average Bonchev–Trinajstić information content (AvgIpc) is 3.12. The predicted octanol–water partition coefficient (Wildman–Crippen LogP) is 5.33. The molecule has 0 aliphatic rings. The summed E-state index contributed by atoms with van der Waals surface area (Å²) in [6, 6.07) is 20.8. The minimum Gasteiger partial charge on any atom is -0.294 e. The number of carbonyl (C=O) groups excluding carboxylic acids is 1. The number of Topliss-reactive ketones (excluding diaryl/α,β-unsaturated/α-hetero) is 1. The molecule has 146 valence electrons. The van der Waals surface area contributed by atoms with Crippen molar-refractivity contribution in [2.75, 3.05) is 4.31 Å². The van der Waals surface area contributed by atoms with Gasteiger partial charge in [0.25, 0.3) is 10.0 Å². The Morgan fingerprint density at radius 2 is 1.59 bits per heavy atom. The molecule has 0 bridgehead atoms. The highest BCUT2D eigenvalue weighted by Crippen LogP contribution is 2.39. The first-order valence-electron chi connectivity index (χ1n) is 8.95. The predicted molar refractivity (Wildman–Crippen MR) is 117 cm³/mol. The van der Waals surface area contributed by atoms with Gasteiger partial charge in [0.05, 0.1) is 20.8 Å². The van der Waals surface area contributed by atoms with Crippen molar-refractivity contribution in [3.05, 3.63) is 83.9 Å². The van der Waals surface area contributed by atoms with Crippen molar-refractivity contribution >= 4 is 48.2 Å². The minimum atomic E-state index is -4.00. The first-order valence-corrected chi connectivity index (χ1v) is 11.2. The molecule has 0 amide bonds. The summed E-state index contributed by atoms with van der Waals surface area (Å²) < 4.78 is 29.4. The molecule has 5 nitrogen and oxygen atoms in total. The number of rotatable bonds is 5. The Morgan fingerprint density at radius 1 is 0.931 bits per heavy atom. The molecule has 4 rings (SSSR count). The van der Waals surface area contributed by atoms with Gasteiger partial charge in [-0.1, -0.05) is 53.3 Å². The third-order valence-electron chi connectivity index (χ3n) is 4.52. The van der Waals surface area contributed by atoms with Gasteiger partial charge in [0.2, 0.25) is 5.13 Å². The topological polar surface area (TPSA) is 67.3 Å². The first kappa shape index (κ1) is 19.3. The van der Waals surface area contributed by atoms with Gasteiger partial charge in [0.1, 0.15) is 0 Å². The number of sulfonamides is 1. The van der Waals surface area contributed by atoms with Crippen LogP contribution < -0.4 is 4.31 Å². The number of anilines is 2. The quantitative estimate of drug-likeness (QED) is 0.408. The summed E-state index contributed by atoms with van der Waals surface area (Å²) in [7, 11) is -4.00. The largest absolute Gasteiger partial charge is 0.294 e. The summed E-state index contributed by atoms with van der Waals surface area (Å²) in [5.41, 5.74) is 2.28. The Labute approximate surface area is 173 Å². The Balaban J connectivity index is 1.99. The lowest BCUT2D eigenvalue weighted by atomic mass is 10.1. The lowest BCUT2D eigenvalue weighted by Crippen LogP contribution is -2.27. The van der Waals surface area contributed by atoms with Gasteiger partial charge in [0.15, 0.2) is 5.78 Å². The van der Waals surface area contributed by atoms with Gasteiger partial charge < -0.3 is 0 Å². The van der Waals surface area contributed by atoms with Crippen LogP contribution >= 0.6 is 11.3 Å². The van der Waals surface area contributed by atoms with E-state index in [1.165, 1.54) is 22.6 Å². The molecule has 29 heavy (non-hydrogen) atoms. The van der Waals surface area contributed by atoms with Gasteiger partial charge in [-0.15, -0.1) is 0 Å². The summed E-state index contributed by atoms with van der Waals surface area (Å²) in [6.45, 7) is 3.32. The van der Waals surface area contributed by atoms with E-state index in [1.54, 1.807) is 48.5 Å². The van der Waals surface area contributed by atoms with Crippen molar-refractivity contribution in [3.63, 3.8) is 0 Å². The molecule has 7 heteroatoms. The summed E-state index contributed by atoms with van der Waals surface area (Å²) in [6.07, 6.45) is 0. The van der Waals surface area contributed by atoms with Gasteiger partial charge in [-0.3, -0.25) is 4.79 Å². The van der Waals surface area contributed by atoms with E-state index in [-0.39, 0.29) is 10.7 Å². The summed E-state index contributed by atoms with van der Waals surface area (Å²) in [5.74, 6) is -0.217. The SMILES string of the molecule is CC(=O)c1ccccc1N(c1nc2ccccc2s1)S(=O)(=O)c1ccc(C)cc1. The van der Waals surface area contributed by atoms with Crippen LogP contribution in [0.2, 0.25) is 0 Å². The highest BCUT2D eigenvalue weighted by molar-refractivity contribution is 7.93. The lowest BCUT2D eigenvalue weighted by molar-refractivity contribution is 0.101. The maximum Gasteiger partial charge on any atom is 0.270 e. The Morgan fingerprint density at radius 3 is 2.28 bits per heavy atom. The molecule has 0 radical (unpaired) electrons. The van der Waals surface area contributed by atoms with Gasteiger partial charge in [-0.25, -0.2) is 17.7 Å². The number of nitrogens with zero attached hydrogens (tertiary/aromatic N) is 2. The number of hydrogen-bond acceptors (Lipinski definition) is 5. The fraction of sp³-hybridized carbons (Fsp3) is 0.0909. The number of hydrogen-bond donors (Lipinski definition) is 0. The molecule has 0 atom stereocenters. The third-order valence-corrected chi connectivity index (χ3v) is 7.37. The molecular formula is C22H18N2O3S2. The molecule has 1 heterocycles. The molecule has 0 unspecified atom stereocenters. The monoisotopic (exact) mass is 422 g/mol. The molecule has 0 aliphatic carbocycles. The molecule has 0 N–H and O–H groups in total. The Bertz CT molecular complexity index is 1280. The molecular weight excluding hydrogens is 404 g/mol. The van der Waals surface area contributed by atoms with E-state index >= 15 is 0 Å². The van der Waals surface area contributed by atoms with E-state index in [4.69, 9.17) is 0 Å². The van der Waals surface area contributed by atoms with E-state index < -0.39 is 10.0 Å². The highest BCUT2D eigenvalue weighted by atomic mass is 32.2. The maximum absolute atomic E-state index is 13.7. The van der Waals surface area contributed by atoms with Gasteiger partial charge in [-0.05, 0) is 50.2 Å². The zero-order valence-corrected chi connectivity index (χ0v) is 17.5. The number of fused-ring (bicyclic) bond motifs is 1. The standard InChI is InChI=1S/C22H18N2O3S2/c1-15-11-13-17(14-12-15)29(26,27)24(20-9-5-3-7-18(20)16(2)25)22-23-19-8-4-6-10-21(19)28-22/h3-14H,1-2H3. The van der Waals surface area contributed by atoms with E-state index in [0.717, 1.165) is 10.3 Å². The zero-order valence-electron chi connectivity index (χ0n) is 15.9. The van der Waals surface area contributed by atoms with Crippen LogP contribution in [0.25, 0.3) is 10.2 Å². The molecule has 4 aromatic rings. The van der Waals surface area contributed by atoms with Gasteiger partial charge in [-0.2, -0.15) is 0 Å². The van der Waals surface area contributed by atoms with Crippen LogP contribution in [0.1, 0.15) is 22.8 Å². The molecule has 0 fully saturated rings. The molecule has 3 aromatic carbocycles. The molecule has 0 spiro atoms. The van der Waals surface area contributed by atoms with Crippen LogP contribution in [-0.4, -0.2) is 19.2 Å². The fourth-order valence-corrected chi connectivity index (χ4v) is 5.69. The average molecular weight is 423 g/mol. The fourth-order valence-electron chi connectivity index (χ4n) is 3.05. The second-order valence-corrected chi connectivity index (χ2v) is 9.42. The molecule has 0 saturated heterocycles. The van der Waals surface area contributed by atoms with Crippen LogP contribution in [0.5, 0.6) is 0 Å². The highest BCUT2D eigenvalue weighted by Gasteiger charge is 2.31. The summed E-state index contributed by atoms with van der Waals surface area (Å²) in [5, 5.41) is 0.292. The number of thiazole rings is 1. The first-order chi connectivity index (χ1) is 13.9. The minimum absolute atomic E-state index is 0.140. The van der Waals surface area contributed by atoms with Crippen molar-refractivity contribution in [3.8, 4) is 0 Å². The number of carbonyl (C=O) groups is 1. The van der Waals surface area contributed by atoms with Crippen molar-refractivity contribution in [1.29, 1.82) is 0 Å². The van der Waals surface area contributed by atoms with E-state index in [1.807, 2.05) is 31.2 Å². The van der Waals surface area contributed by atoms with Crippen LogP contribution in [-0.2, 0) is 10.0 Å². The molecule has 0 aliphatic heterocycles. The van der Waals surface area contributed by atoms with E-state index in [0.29, 0.717) is 21.9 Å². The van der Waals surface area contributed by atoms with Crippen molar-refractivity contribution in [1.82, 2.24) is 4.98 Å². The van der Waals surface area contributed by atoms with Gasteiger partial charge >= 0.3 is 0 Å². The second kappa shape index (κ2) is 7.42. The van der Waals surface area contributed by atoms with Gasteiger partial charge in [0, 0.05) is 5.56 Å². The summed E-state index contributed by atoms with van der Waals surface area (Å²) in [4.78, 5) is 16.9.